The molecule has 5 nitrogen and oxygen atoms in total. The Morgan fingerprint density at radius 1 is 1.59 bits per heavy atom. The number of nitrogens with two attached hydrogens (primary N) is 1. The summed E-state index contributed by atoms with van der Waals surface area (Å²) in [5.74, 6) is -0.0497. The van der Waals surface area contributed by atoms with E-state index in [0.717, 1.165) is 3.57 Å². The van der Waals surface area contributed by atoms with Gasteiger partial charge in [-0.1, -0.05) is 11.6 Å². The highest BCUT2D eigenvalue weighted by Gasteiger charge is 2.18. The Labute approximate surface area is 116 Å². The summed E-state index contributed by atoms with van der Waals surface area (Å²) < 4.78 is 2.52. The van der Waals surface area contributed by atoms with Gasteiger partial charge in [-0.2, -0.15) is 5.10 Å². The fourth-order valence-corrected chi connectivity index (χ4v) is 2.02. The number of carbonyl (C=O) groups excluding carboxylic acids is 1. The molecule has 2 N–H and O–H groups in total. The summed E-state index contributed by atoms with van der Waals surface area (Å²) in [6.07, 6.45) is 1.66. The van der Waals surface area contributed by atoms with Crippen LogP contribution in [0.3, 0.4) is 0 Å². The first-order valence-corrected chi connectivity index (χ1v) is 6.13. The number of amides is 1. The van der Waals surface area contributed by atoms with E-state index in [-0.39, 0.29) is 10.7 Å². The summed E-state index contributed by atoms with van der Waals surface area (Å²) in [5, 5.41) is 4.33. The van der Waals surface area contributed by atoms with Crippen molar-refractivity contribution in [2.75, 3.05) is 0 Å². The molecule has 0 saturated carbocycles. The number of pyridine rings is 1. The first-order valence-electron chi connectivity index (χ1n) is 4.67. The standard InChI is InChI=1S/C10H8ClIN4O/c1-5-8(11)9(10(13)17)15-16(5)7-4-6(12)2-3-14-7/h2-4H,1H3,(H2,13,17). The number of primary amides is 1. The molecule has 0 fully saturated rings. The molecule has 17 heavy (non-hydrogen) atoms. The SMILES string of the molecule is Cc1c(Cl)c(C(N)=O)nn1-c1cc(I)ccn1. The number of rotatable bonds is 2. The van der Waals surface area contributed by atoms with E-state index in [4.69, 9.17) is 17.3 Å². The van der Waals surface area contributed by atoms with Gasteiger partial charge in [0.2, 0.25) is 0 Å². The summed E-state index contributed by atoms with van der Waals surface area (Å²) in [6.45, 7) is 1.75. The van der Waals surface area contributed by atoms with Gasteiger partial charge in [0.15, 0.2) is 11.5 Å². The summed E-state index contributed by atoms with van der Waals surface area (Å²) in [5.41, 5.74) is 5.88. The van der Waals surface area contributed by atoms with E-state index in [0.29, 0.717) is 11.5 Å². The fourth-order valence-electron chi connectivity index (χ4n) is 1.37. The molecule has 2 aromatic heterocycles. The number of hydrogen-bond donors (Lipinski definition) is 1. The number of hydrogen-bond acceptors (Lipinski definition) is 3. The average molecular weight is 363 g/mol. The quantitative estimate of drug-likeness (QED) is 0.830. The monoisotopic (exact) mass is 362 g/mol. The lowest BCUT2D eigenvalue weighted by Gasteiger charge is -2.02. The molecule has 2 rings (SSSR count). The molecule has 7 heteroatoms. The van der Waals surface area contributed by atoms with E-state index in [9.17, 15) is 4.79 Å². The number of nitrogens with zero attached hydrogens (tertiary/aromatic N) is 3. The van der Waals surface area contributed by atoms with Gasteiger partial charge >= 0.3 is 0 Å². The highest BCUT2D eigenvalue weighted by molar-refractivity contribution is 14.1. The summed E-state index contributed by atoms with van der Waals surface area (Å²) in [7, 11) is 0. The Kier molecular flexibility index (Phi) is 3.34. The first kappa shape index (κ1) is 12.3. The second-order valence-corrected chi connectivity index (χ2v) is 4.98. The normalized spacial score (nSPS) is 10.5. The van der Waals surface area contributed by atoms with Gasteiger partial charge in [0, 0.05) is 9.77 Å². The predicted octanol–water partition coefficient (Wildman–Crippen LogP) is 1.93. The van der Waals surface area contributed by atoms with E-state index in [1.54, 1.807) is 13.1 Å². The van der Waals surface area contributed by atoms with Gasteiger partial charge in [-0.25, -0.2) is 9.67 Å². The van der Waals surface area contributed by atoms with Crippen LogP contribution in [0.2, 0.25) is 5.02 Å². The Morgan fingerprint density at radius 2 is 2.29 bits per heavy atom. The minimum atomic E-state index is -0.650. The van der Waals surface area contributed by atoms with Gasteiger partial charge in [0.05, 0.1) is 10.7 Å². The van der Waals surface area contributed by atoms with E-state index < -0.39 is 5.91 Å². The topological polar surface area (TPSA) is 73.8 Å². The lowest BCUT2D eigenvalue weighted by atomic mass is 10.3. The Balaban J connectivity index is 2.61. The molecule has 0 aromatic carbocycles. The zero-order chi connectivity index (χ0) is 12.6. The second kappa shape index (κ2) is 4.61. The van der Waals surface area contributed by atoms with Crippen molar-refractivity contribution < 1.29 is 4.79 Å². The van der Waals surface area contributed by atoms with E-state index in [2.05, 4.69) is 32.7 Å². The number of carbonyl (C=O) groups is 1. The van der Waals surface area contributed by atoms with Crippen LogP contribution in [0.25, 0.3) is 5.82 Å². The second-order valence-electron chi connectivity index (χ2n) is 3.36. The molecule has 0 aliphatic rings. The third-order valence-corrected chi connectivity index (χ3v) is 3.32. The smallest absolute Gasteiger partial charge is 0.270 e. The summed E-state index contributed by atoms with van der Waals surface area (Å²) in [6, 6.07) is 3.70. The van der Waals surface area contributed by atoms with Crippen molar-refractivity contribution in [1.82, 2.24) is 14.8 Å². The van der Waals surface area contributed by atoms with Gasteiger partial charge in [-0.15, -0.1) is 0 Å². The number of aromatic nitrogens is 3. The molecule has 0 saturated heterocycles. The van der Waals surface area contributed by atoms with Gasteiger partial charge in [-0.3, -0.25) is 4.79 Å². The Morgan fingerprint density at radius 3 is 2.82 bits per heavy atom. The molecule has 0 radical (unpaired) electrons. The molecule has 2 heterocycles. The van der Waals surface area contributed by atoms with Crippen molar-refractivity contribution in [2.24, 2.45) is 5.73 Å². The van der Waals surface area contributed by atoms with Crippen LogP contribution in [0.5, 0.6) is 0 Å². The van der Waals surface area contributed by atoms with Gasteiger partial charge in [0.25, 0.3) is 5.91 Å². The van der Waals surface area contributed by atoms with Gasteiger partial charge < -0.3 is 5.73 Å². The van der Waals surface area contributed by atoms with E-state index in [1.165, 1.54) is 4.68 Å². The maximum Gasteiger partial charge on any atom is 0.270 e. The lowest BCUT2D eigenvalue weighted by Crippen LogP contribution is -2.13. The molecule has 1 amide bonds. The van der Waals surface area contributed by atoms with E-state index in [1.807, 2.05) is 12.1 Å². The predicted molar refractivity (Wildman–Crippen MR) is 72.3 cm³/mol. The summed E-state index contributed by atoms with van der Waals surface area (Å²) >= 11 is 8.15. The van der Waals surface area contributed by atoms with Crippen LogP contribution in [-0.4, -0.2) is 20.7 Å². The van der Waals surface area contributed by atoms with Crippen molar-refractivity contribution in [3.8, 4) is 5.82 Å². The minimum absolute atomic E-state index is 0.0600. The average Bonchev–Trinajstić information content (AvgIpc) is 2.56. The highest BCUT2D eigenvalue weighted by Crippen LogP contribution is 2.22. The third kappa shape index (κ3) is 2.27. The maximum atomic E-state index is 11.1. The molecule has 0 aliphatic carbocycles. The number of halogens is 2. The fraction of sp³-hybridized carbons (Fsp3) is 0.100. The van der Waals surface area contributed by atoms with Gasteiger partial charge in [0.1, 0.15) is 0 Å². The van der Waals surface area contributed by atoms with E-state index >= 15 is 0 Å². The Hall–Kier alpha value is -1.15. The van der Waals surface area contributed by atoms with Crippen molar-refractivity contribution >= 4 is 40.1 Å². The zero-order valence-electron chi connectivity index (χ0n) is 8.82. The van der Waals surface area contributed by atoms with Crippen LogP contribution < -0.4 is 5.73 Å². The Bertz CT molecular complexity index is 596. The molecule has 0 atom stereocenters. The molecule has 0 spiro atoms. The van der Waals surface area contributed by atoms with Crippen molar-refractivity contribution in [3.05, 3.63) is 38.3 Å². The molecule has 88 valence electrons. The lowest BCUT2D eigenvalue weighted by molar-refractivity contribution is 0.0995. The molecule has 0 aliphatic heterocycles. The maximum absolute atomic E-state index is 11.1. The van der Waals surface area contributed by atoms with Crippen LogP contribution in [0.4, 0.5) is 0 Å². The van der Waals surface area contributed by atoms with Crippen LogP contribution in [0.15, 0.2) is 18.3 Å². The minimum Gasteiger partial charge on any atom is -0.364 e. The van der Waals surface area contributed by atoms with Crippen molar-refractivity contribution in [2.45, 2.75) is 6.92 Å². The highest BCUT2D eigenvalue weighted by atomic mass is 127. The van der Waals surface area contributed by atoms with Crippen molar-refractivity contribution in [1.29, 1.82) is 0 Å². The molecular formula is C10H8ClIN4O. The van der Waals surface area contributed by atoms with Crippen LogP contribution in [-0.2, 0) is 0 Å². The molecular weight excluding hydrogens is 354 g/mol. The largest absolute Gasteiger partial charge is 0.364 e. The molecule has 2 aromatic rings. The van der Waals surface area contributed by atoms with Gasteiger partial charge in [-0.05, 0) is 41.6 Å². The molecule has 0 bridgehead atoms. The zero-order valence-corrected chi connectivity index (χ0v) is 11.7. The van der Waals surface area contributed by atoms with Crippen LogP contribution in [0, 0.1) is 10.5 Å². The van der Waals surface area contributed by atoms with Crippen molar-refractivity contribution in [3.63, 3.8) is 0 Å². The van der Waals surface area contributed by atoms with Crippen LogP contribution in [0.1, 0.15) is 16.2 Å². The third-order valence-electron chi connectivity index (χ3n) is 2.20. The first-order chi connectivity index (χ1) is 8.00. The van der Waals surface area contributed by atoms with Crippen LogP contribution >= 0.6 is 34.2 Å². The summed E-state index contributed by atoms with van der Waals surface area (Å²) in [4.78, 5) is 15.3. The molecule has 0 unspecified atom stereocenters.